The normalized spacial score (nSPS) is 10.7. The largest absolute Gasteiger partial charge is 0.450 e. The number of nitrogens with two attached hydrogens (primary N) is 1. The SMILES string of the molecule is NC(=O)COC(=O)c1oc2ccccc2c1CSCc1ccccc1. The van der Waals surface area contributed by atoms with Crippen LogP contribution in [0.3, 0.4) is 0 Å². The first-order chi connectivity index (χ1) is 12.1. The number of furan rings is 1. The average Bonchev–Trinajstić information content (AvgIpc) is 2.99. The Balaban J connectivity index is 1.80. The molecule has 0 aliphatic rings. The molecule has 0 atom stereocenters. The van der Waals surface area contributed by atoms with Crippen LogP contribution in [0, 0.1) is 0 Å². The van der Waals surface area contributed by atoms with Gasteiger partial charge in [-0.2, -0.15) is 11.8 Å². The minimum absolute atomic E-state index is 0.128. The van der Waals surface area contributed by atoms with Crippen molar-refractivity contribution in [2.24, 2.45) is 5.73 Å². The Hall–Kier alpha value is -2.73. The van der Waals surface area contributed by atoms with Crippen LogP contribution in [0.15, 0.2) is 59.0 Å². The first-order valence-electron chi connectivity index (χ1n) is 7.72. The molecule has 0 saturated carbocycles. The maximum absolute atomic E-state index is 12.2. The lowest BCUT2D eigenvalue weighted by Crippen LogP contribution is -2.21. The van der Waals surface area contributed by atoms with Gasteiger partial charge in [0, 0.05) is 22.5 Å². The van der Waals surface area contributed by atoms with Gasteiger partial charge >= 0.3 is 5.97 Å². The summed E-state index contributed by atoms with van der Waals surface area (Å²) < 4.78 is 10.6. The van der Waals surface area contributed by atoms with Crippen molar-refractivity contribution in [1.82, 2.24) is 0 Å². The highest BCUT2D eigenvalue weighted by Crippen LogP contribution is 2.30. The number of amides is 1. The molecule has 3 aromatic rings. The number of hydrogen-bond donors (Lipinski definition) is 1. The molecule has 1 aromatic heterocycles. The Kier molecular flexibility index (Phi) is 5.40. The van der Waals surface area contributed by atoms with E-state index in [-0.39, 0.29) is 5.76 Å². The molecule has 0 aliphatic heterocycles. The van der Waals surface area contributed by atoms with Gasteiger partial charge in [-0.15, -0.1) is 0 Å². The fourth-order valence-electron chi connectivity index (χ4n) is 2.45. The summed E-state index contributed by atoms with van der Waals surface area (Å²) in [6, 6.07) is 17.5. The van der Waals surface area contributed by atoms with Crippen molar-refractivity contribution in [2.75, 3.05) is 6.61 Å². The minimum atomic E-state index is -0.704. The molecule has 2 aromatic carbocycles. The maximum Gasteiger partial charge on any atom is 0.375 e. The smallest absolute Gasteiger partial charge is 0.375 e. The molecule has 0 radical (unpaired) electrons. The van der Waals surface area contributed by atoms with Gasteiger partial charge in [-0.25, -0.2) is 4.79 Å². The number of carbonyl (C=O) groups is 2. The van der Waals surface area contributed by atoms with Gasteiger partial charge in [-0.3, -0.25) is 4.79 Å². The predicted molar refractivity (Wildman–Crippen MR) is 97.1 cm³/mol. The first-order valence-corrected chi connectivity index (χ1v) is 8.88. The topological polar surface area (TPSA) is 82.5 Å². The van der Waals surface area contributed by atoms with Gasteiger partial charge in [-0.05, 0) is 11.6 Å². The summed E-state index contributed by atoms with van der Waals surface area (Å²) in [5, 5.41) is 0.870. The fourth-order valence-corrected chi connectivity index (χ4v) is 3.48. The summed E-state index contributed by atoms with van der Waals surface area (Å²) in [5.41, 5.74) is 7.62. The van der Waals surface area contributed by atoms with Crippen LogP contribution in [0.5, 0.6) is 0 Å². The summed E-state index contributed by atoms with van der Waals surface area (Å²) in [6.45, 7) is -0.466. The Morgan fingerprint density at radius 3 is 2.48 bits per heavy atom. The molecular weight excluding hydrogens is 338 g/mol. The van der Waals surface area contributed by atoms with Crippen LogP contribution in [0.25, 0.3) is 11.0 Å². The standard InChI is InChI=1S/C19H17NO4S/c20-17(21)10-23-19(22)18-15(14-8-4-5-9-16(14)24-18)12-25-11-13-6-2-1-3-7-13/h1-9H,10-12H2,(H2,20,21). The van der Waals surface area contributed by atoms with Gasteiger partial charge in [0.25, 0.3) is 5.91 Å². The number of carbonyl (C=O) groups excluding carboxylic acids is 2. The molecule has 0 unspecified atom stereocenters. The molecule has 6 heteroatoms. The molecule has 0 aliphatic carbocycles. The lowest BCUT2D eigenvalue weighted by molar-refractivity contribution is -0.121. The second kappa shape index (κ2) is 7.90. The summed E-state index contributed by atoms with van der Waals surface area (Å²) in [5.74, 6) is 0.154. The van der Waals surface area contributed by atoms with E-state index in [0.29, 0.717) is 11.3 Å². The number of ether oxygens (including phenoxy) is 1. The van der Waals surface area contributed by atoms with Gasteiger partial charge in [0.1, 0.15) is 5.58 Å². The Labute approximate surface area is 149 Å². The van der Waals surface area contributed by atoms with E-state index in [1.54, 1.807) is 17.8 Å². The average molecular weight is 355 g/mol. The molecule has 0 spiro atoms. The molecule has 3 rings (SSSR count). The van der Waals surface area contributed by atoms with Crippen LogP contribution in [0.4, 0.5) is 0 Å². The number of hydrogen-bond acceptors (Lipinski definition) is 5. The molecule has 0 saturated heterocycles. The Morgan fingerprint density at radius 2 is 1.72 bits per heavy atom. The van der Waals surface area contributed by atoms with Crippen LogP contribution < -0.4 is 5.73 Å². The van der Waals surface area contributed by atoms with E-state index >= 15 is 0 Å². The molecule has 2 N–H and O–H groups in total. The highest BCUT2D eigenvalue weighted by Gasteiger charge is 2.22. The molecule has 0 fully saturated rings. The Bertz CT molecular complexity index is 889. The van der Waals surface area contributed by atoms with Crippen LogP contribution in [0.2, 0.25) is 0 Å². The van der Waals surface area contributed by atoms with Gasteiger partial charge in [0.2, 0.25) is 5.76 Å². The van der Waals surface area contributed by atoms with Crippen molar-refractivity contribution in [1.29, 1.82) is 0 Å². The molecule has 128 valence electrons. The number of rotatable bonds is 7. The molecular formula is C19H17NO4S. The number of esters is 1. The quantitative estimate of drug-likeness (QED) is 0.656. The Morgan fingerprint density at radius 1 is 1.00 bits per heavy atom. The zero-order chi connectivity index (χ0) is 17.6. The monoisotopic (exact) mass is 355 g/mol. The zero-order valence-corrected chi connectivity index (χ0v) is 14.3. The molecule has 1 heterocycles. The lowest BCUT2D eigenvalue weighted by Gasteiger charge is -2.04. The minimum Gasteiger partial charge on any atom is -0.450 e. The third kappa shape index (κ3) is 4.22. The van der Waals surface area contributed by atoms with E-state index in [0.717, 1.165) is 16.7 Å². The third-order valence-corrected chi connectivity index (χ3v) is 4.62. The van der Waals surface area contributed by atoms with E-state index in [9.17, 15) is 9.59 Å². The van der Waals surface area contributed by atoms with E-state index < -0.39 is 18.5 Å². The molecule has 0 bridgehead atoms. The summed E-state index contributed by atoms with van der Waals surface area (Å²) in [6.07, 6.45) is 0. The van der Waals surface area contributed by atoms with Crippen molar-refractivity contribution in [2.45, 2.75) is 11.5 Å². The van der Waals surface area contributed by atoms with Gasteiger partial charge in [-0.1, -0.05) is 48.5 Å². The van der Waals surface area contributed by atoms with Crippen LogP contribution >= 0.6 is 11.8 Å². The van der Waals surface area contributed by atoms with Crippen LogP contribution in [0.1, 0.15) is 21.7 Å². The molecule has 5 nitrogen and oxygen atoms in total. The van der Waals surface area contributed by atoms with E-state index in [2.05, 4.69) is 12.1 Å². The van der Waals surface area contributed by atoms with Crippen molar-refractivity contribution in [3.8, 4) is 0 Å². The first kappa shape index (κ1) is 17.1. The van der Waals surface area contributed by atoms with Crippen molar-refractivity contribution >= 4 is 34.6 Å². The van der Waals surface area contributed by atoms with E-state index in [1.165, 1.54) is 5.56 Å². The zero-order valence-electron chi connectivity index (χ0n) is 13.4. The van der Waals surface area contributed by atoms with Crippen LogP contribution in [-0.4, -0.2) is 18.5 Å². The summed E-state index contributed by atoms with van der Waals surface area (Å²) in [7, 11) is 0. The van der Waals surface area contributed by atoms with Crippen molar-refractivity contribution in [3.63, 3.8) is 0 Å². The number of primary amides is 1. The maximum atomic E-state index is 12.2. The van der Waals surface area contributed by atoms with Gasteiger partial charge in [0.05, 0.1) is 0 Å². The number of thioether (sulfide) groups is 1. The van der Waals surface area contributed by atoms with Crippen LogP contribution in [-0.2, 0) is 21.0 Å². The second-order valence-electron chi connectivity index (χ2n) is 5.43. The predicted octanol–water partition coefficient (Wildman–Crippen LogP) is 3.51. The highest BCUT2D eigenvalue weighted by atomic mass is 32.2. The van der Waals surface area contributed by atoms with Gasteiger partial charge < -0.3 is 14.9 Å². The molecule has 25 heavy (non-hydrogen) atoms. The number of fused-ring (bicyclic) bond motifs is 1. The van der Waals surface area contributed by atoms with E-state index in [4.69, 9.17) is 14.9 Å². The third-order valence-electron chi connectivity index (χ3n) is 3.59. The van der Waals surface area contributed by atoms with Gasteiger partial charge in [0.15, 0.2) is 6.61 Å². The second-order valence-corrected chi connectivity index (χ2v) is 6.41. The number of para-hydroxylation sites is 1. The van der Waals surface area contributed by atoms with Crippen molar-refractivity contribution in [3.05, 3.63) is 71.5 Å². The van der Waals surface area contributed by atoms with E-state index in [1.807, 2.05) is 36.4 Å². The number of benzene rings is 2. The molecule has 1 amide bonds. The summed E-state index contributed by atoms with van der Waals surface area (Å²) >= 11 is 1.68. The fraction of sp³-hybridized carbons (Fsp3) is 0.158. The lowest BCUT2D eigenvalue weighted by atomic mass is 10.1. The van der Waals surface area contributed by atoms with Crippen molar-refractivity contribution < 1.29 is 18.7 Å². The highest BCUT2D eigenvalue weighted by molar-refractivity contribution is 7.97. The summed E-state index contributed by atoms with van der Waals surface area (Å²) in [4.78, 5) is 23.1.